The van der Waals surface area contributed by atoms with Crippen molar-refractivity contribution < 1.29 is 9.59 Å². The first-order valence-corrected chi connectivity index (χ1v) is 8.36. The van der Waals surface area contributed by atoms with Gasteiger partial charge in [0.25, 0.3) is 5.91 Å². The molecular weight excluding hydrogens is 312 g/mol. The molecule has 0 saturated carbocycles. The molecule has 0 aliphatic heterocycles. The molecule has 4 nitrogen and oxygen atoms in total. The van der Waals surface area contributed by atoms with Crippen molar-refractivity contribution in [3.8, 4) is 0 Å². The monoisotopic (exact) mass is 338 g/mol. The fourth-order valence-electron chi connectivity index (χ4n) is 2.58. The first kappa shape index (κ1) is 18.7. The van der Waals surface area contributed by atoms with Crippen molar-refractivity contribution in [3.63, 3.8) is 0 Å². The molecule has 2 aromatic rings. The van der Waals surface area contributed by atoms with E-state index in [0.29, 0.717) is 11.3 Å². The number of carbonyl (C=O) groups is 2. The van der Waals surface area contributed by atoms with E-state index in [4.69, 9.17) is 0 Å². The summed E-state index contributed by atoms with van der Waals surface area (Å²) in [5, 5.41) is 2.76. The summed E-state index contributed by atoms with van der Waals surface area (Å²) in [7, 11) is 1.76. The Morgan fingerprint density at radius 2 is 1.60 bits per heavy atom. The standard InChI is InChI=1S/C21H26N2O2/c1-14-7-8-16(13-19(14)22-15(2)24)20(25)23(6)18-11-9-17(10-12-18)21(3,4)5/h7-13H,1-6H3,(H,22,24). The number of nitrogens with zero attached hydrogens (tertiary/aromatic N) is 1. The van der Waals surface area contributed by atoms with Gasteiger partial charge in [0.05, 0.1) is 0 Å². The highest BCUT2D eigenvalue weighted by molar-refractivity contribution is 6.06. The summed E-state index contributed by atoms with van der Waals surface area (Å²) < 4.78 is 0. The average Bonchev–Trinajstić information content (AvgIpc) is 2.54. The second kappa shape index (κ2) is 7.09. The van der Waals surface area contributed by atoms with Gasteiger partial charge in [-0.25, -0.2) is 0 Å². The lowest BCUT2D eigenvalue weighted by atomic mass is 9.87. The maximum absolute atomic E-state index is 12.8. The van der Waals surface area contributed by atoms with E-state index in [-0.39, 0.29) is 17.2 Å². The Bertz CT molecular complexity index is 787. The van der Waals surface area contributed by atoms with Gasteiger partial charge in [-0.05, 0) is 47.7 Å². The van der Waals surface area contributed by atoms with Crippen LogP contribution >= 0.6 is 0 Å². The molecule has 2 rings (SSSR count). The minimum absolute atomic E-state index is 0.0747. The molecule has 0 unspecified atom stereocenters. The topological polar surface area (TPSA) is 49.4 Å². The molecular formula is C21H26N2O2. The van der Waals surface area contributed by atoms with Crippen LogP contribution < -0.4 is 10.2 Å². The molecule has 132 valence electrons. The van der Waals surface area contributed by atoms with E-state index < -0.39 is 0 Å². The van der Waals surface area contributed by atoms with E-state index in [0.717, 1.165) is 11.3 Å². The summed E-state index contributed by atoms with van der Waals surface area (Å²) in [4.78, 5) is 25.7. The van der Waals surface area contributed by atoms with Crippen LogP contribution in [0.2, 0.25) is 0 Å². The average molecular weight is 338 g/mol. The number of carbonyl (C=O) groups excluding carboxylic acids is 2. The maximum Gasteiger partial charge on any atom is 0.258 e. The van der Waals surface area contributed by atoms with Crippen LogP contribution in [0.5, 0.6) is 0 Å². The Hall–Kier alpha value is -2.62. The molecule has 0 bridgehead atoms. The maximum atomic E-state index is 12.8. The van der Waals surface area contributed by atoms with Crippen molar-refractivity contribution in [1.82, 2.24) is 0 Å². The quantitative estimate of drug-likeness (QED) is 0.894. The van der Waals surface area contributed by atoms with Crippen LogP contribution in [-0.2, 0) is 10.2 Å². The molecule has 0 atom stereocenters. The molecule has 0 fully saturated rings. The first-order chi connectivity index (χ1) is 11.6. The zero-order valence-corrected chi connectivity index (χ0v) is 15.8. The molecule has 25 heavy (non-hydrogen) atoms. The first-order valence-electron chi connectivity index (χ1n) is 8.36. The van der Waals surface area contributed by atoms with Crippen LogP contribution in [0.4, 0.5) is 11.4 Å². The molecule has 0 radical (unpaired) electrons. The van der Waals surface area contributed by atoms with Gasteiger partial charge in [0.15, 0.2) is 0 Å². The predicted molar refractivity (Wildman–Crippen MR) is 103 cm³/mol. The number of nitrogens with one attached hydrogen (secondary N) is 1. The smallest absolute Gasteiger partial charge is 0.258 e. The van der Waals surface area contributed by atoms with Crippen LogP contribution in [0.25, 0.3) is 0 Å². The second-order valence-corrected chi connectivity index (χ2v) is 7.37. The van der Waals surface area contributed by atoms with Crippen LogP contribution in [0, 0.1) is 6.92 Å². The zero-order valence-electron chi connectivity index (χ0n) is 15.8. The van der Waals surface area contributed by atoms with E-state index in [1.165, 1.54) is 12.5 Å². The molecule has 0 heterocycles. The predicted octanol–water partition coefficient (Wildman–Crippen LogP) is 4.53. The third kappa shape index (κ3) is 4.47. The third-order valence-electron chi connectivity index (χ3n) is 4.22. The van der Waals surface area contributed by atoms with Gasteiger partial charge >= 0.3 is 0 Å². The Morgan fingerprint density at radius 1 is 1.00 bits per heavy atom. The minimum atomic E-state index is -0.154. The van der Waals surface area contributed by atoms with Crippen LogP contribution in [0.1, 0.15) is 49.2 Å². The highest BCUT2D eigenvalue weighted by Gasteiger charge is 2.17. The van der Waals surface area contributed by atoms with Crippen LogP contribution in [-0.4, -0.2) is 18.9 Å². The molecule has 1 N–H and O–H groups in total. The fraction of sp³-hybridized carbons (Fsp3) is 0.333. The molecule has 0 spiro atoms. The van der Waals surface area contributed by atoms with E-state index in [2.05, 4.69) is 38.2 Å². The summed E-state index contributed by atoms with van der Waals surface area (Å²) in [5.74, 6) is -0.270. The summed E-state index contributed by atoms with van der Waals surface area (Å²) in [6.07, 6.45) is 0. The summed E-state index contributed by atoms with van der Waals surface area (Å²) in [5.41, 5.74) is 4.25. The number of aryl methyl sites for hydroxylation is 1. The van der Waals surface area contributed by atoms with E-state index in [9.17, 15) is 9.59 Å². The molecule has 0 aliphatic carbocycles. The SMILES string of the molecule is CC(=O)Nc1cc(C(=O)N(C)c2ccc(C(C)(C)C)cc2)ccc1C. The third-order valence-corrected chi connectivity index (χ3v) is 4.22. The number of anilines is 2. The van der Waals surface area contributed by atoms with Crippen molar-refractivity contribution >= 4 is 23.2 Å². The Kier molecular flexibility index (Phi) is 5.31. The van der Waals surface area contributed by atoms with Gasteiger partial charge in [-0.2, -0.15) is 0 Å². The molecule has 0 saturated heterocycles. The molecule has 0 aliphatic rings. The van der Waals surface area contributed by atoms with Crippen molar-refractivity contribution in [1.29, 1.82) is 0 Å². The van der Waals surface area contributed by atoms with Gasteiger partial charge in [0.1, 0.15) is 0 Å². The number of rotatable bonds is 3. The van der Waals surface area contributed by atoms with Gasteiger partial charge in [-0.15, -0.1) is 0 Å². The van der Waals surface area contributed by atoms with Gasteiger partial charge in [-0.1, -0.05) is 39.0 Å². The molecule has 4 heteroatoms. The van der Waals surface area contributed by atoms with Crippen molar-refractivity contribution in [2.75, 3.05) is 17.3 Å². The Labute approximate surface area is 149 Å². The normalized spacial score (nSPS) is 11.1. The largest absolute Gasteiger partial charge is 0.326 e. The summed E-state index contributed by atoms with van der Waals surface area (Å²) in [6, 6.07) is 13.4. The van der Waals surface area contributed by atoms with E-state index in [1.54, 1.807) is 24.1 Å². The highest BCUT2D eigenvalue weighted by Crippen LogP contribution is 2.25. The van der Waals surface area contributed by atoms with Crippen LogP contribution in [0.15, 0.2) is 42.5 Å². The lowest BCUT2D eigenvalue weighted by Crippen LogP contribution is -2.26. The zero-order chi connectivity index (χ0) is 18.8. The second-order valence-electron chi connectivity index (χ2n) is 7.37. The molecule has 2 aromatic carbocycles. The lowest BCUT2D eigenvalue weighted by Gasteiger charge is -2.22. The Balaban J connectivity index is 2.26. The number of hydrogen-bond acceptors (Lipinski definition) is 2. The number of hydrogen-bond donors (Lipinski definition) is 1. The van der Waals surface area contributed by atoms with Crippen molar-refractivity contribution in [2.24, 2.45) is 0 Å². The summed E-state index contributed by atoms with van der Waals surface area (Å²) in [6.45, 7) is 9.83. The summed E-state index contributed by atoms with van der Waals surface area (Å²) >= 11 is 0. The van der Waals surface area contributed by atoms with E-state index >= 15 is 0 Å². The Morgan fingerprint density at radius 3 is 2.12 bits per heavy atom. The highest BCUT2D eigenvalue weighted by atomic mass is 16.2. The minimum Gasteiger partial charge on any atom is -0.326 e. The van der Waals surface area contributed by atoms with Gasteiger partial charge in [-0.3, -0.25) is 9.59 Å². The van der Waals surface area contributed by atoms with Crippen LogP contribution in [0.3, 0.4) is 0 Å². The van der Waals surface area contributed by atoms with Gasteiger partial charge in [0.2, 0.25) is 5.91 Å². The fourth-order valence-corrected chi connectivity index (χ4v) is 2.58. The van der Waals surface area contributed by atoms with Crippen molar-refractivity contribution in [3.05, 3.63) is 59.2 Å². The van der Waals surface area contributed by atoms with Crippen molar-refractivity contribution in [2.45, 2.75) is 40.0 Å². The van der Waals surface area contributed by atoms with E-state index in [1.807, 2.05) is 25.1 Å². The number of benzene rings is 2. The lowest BCUT2D eigenvalue weighted by molar-refractivity contribution is -0.114. The molecule has 0 aromatic heterocycles. The van der Waals surface area contributed by atoms with Gasteiger partial charge in [0, 0.05) is 30.9 Å². The number of amides is 2. The van der Waals surface area contributed by atoms with Gasteiger partial charge < -0.3 is 10.2 Å². The molecule has 2 amide bonds.